The van der Waals surface area contributed by atoms with E-state index in [4.69, 9.17) is 5.73 Å². The van der Waals surface area contributed by atoms with Crippen molar-refractivity contribution in [2.45, 2.75) is 24.3 Å². The Bertz CT molecular complexity index is 441. The number of benzene rings is 1. The summed E-state index contributed by atoms with van der Waals surface area (Å²) in [7, 11) is 0. The lowest BCUT2D eigenvalue weighted by molar-refractivity contribution is -0.148. The predicted molar refractivity (Wildman–Crippen MR) is 62.3 cm³/mol. The van der Waals surface area contributed by atoms with E-state index in [0.29, 0.717) is 22.9 Å². The first-order chi connectivity index (χ1) is 7.47. The largest absolute Gasteiger partial charge is 0.506 e. The van der Waals surface area contributed by atoms with Crippen LogP contribution in [0.2, 0.25) is 0 Å². The Hall–Kier alpha value is -1.07. The number of carbonyl (C=O) groups is 1. The quantitative estimate of drug-likeness (QED) is 0.771. The van der Waals surface area contributed by atoms with Gasteiger partial charge in [-0.2, -0.15) is 0 Å². The van der Waals surface area contributed by atoms with Crippen molar-refractivity contribution in [2.75, 3.05) is 0 Å². The van der Waals surface area contributed by atoms with Crippen molar-refractivity contribution in [1.29, 1.82) is 0 Å². The summed E-state index contributed by atoms with van der Waals surface area (Å²) in [5.74, 6) is -0.931. The van der Waals surface area contributed by atoms with Gasteiger partial charge in [0.05, 0.1) is 9.89 Å². The molecule has 1 aliphatic rings. The molecule has 1 fully saturated rings. The van der Waals surface area contributed by atoms with Gasteiger partial charge in [-0.1, -0.05) is 12.1 Å². The van der Waals surface area contributed by atoms with Crippen molar-refractivity contribution in [1.82, 2.24) is 0 Å². The van der Waals surface area contributed by atoms with Gasteiger partial charge in [0.1, 0.15) is 5.75 Å². The summed E-state index contributed by atoms with van der Waals surface area (Å²) < 4.78 is 0.506. The van der Waals surface area contributed by atoms with Crippen LogP contribution in [0.5, 0.6) is 5.75 Å². The second-order valence-electron chi connectivity index (χ2n) is 4.19. The van der Waals surface area contributed by atoms with Gasteiger partial charge in [0.25, 0.3) is 0 Å². The van der Waals surface area contributed by atoms with E-state index in [2.05, 4.69) is 15.9 Å². The Morgan fingerprint density at radius 3 is 2.62 bits per heavy atom. The normalized spacial score (nSPS) is 28.5. The number of halogens is 1. The van der Waals surface area contributed by atoms with Gasteiger partial charge in [-0.15, -0.1) is 0 Å². The zero-order chi connectivity index (χ0) is 11.9. The highest BCUT2D eigenvalue weighted by atomic mass is 79.9. The molecule has 2 rings (SSSR count). The number of nitrogens with two attached hydrogens (primary N) is 1. The number of rotatable bonds is 2. The van der Waals surface area contributed by atoms with Gasteiger partial charge in [0.2, 0.25) is 0 Å². The second-order valence-corrected chi connectivity index (χ2v) is 5.05. The zero-order valence-electron chi connectivity index (χ0n) is 8.48. The van der Waals surface area contributed by atoms with Crippen LogP contribution >= 0.6 is 15.9 Å². The van der Waals surface area contributed by atoms with Crippen molar-refractivity contribution in [3.8, 4) is 5.75 Å². The third-order valence-electron chi connectivity index (χ3n) is 3.13. The van der Waals surface area contributed by atoms with Gasteiger partial charge in [0, 0.05) is 11.6 Å². The molecule has 1 aromatic rings. The van der Waals surface area contributed by atoms with Crippen molar-refractivity contribution < 1.29 is 15.0 Å². The first kappa shape index (κ1) is 11.4. The minimum atomic E-state index is -1.02. The number of hydrogen-bond acceptors (Lipinski definition) is 3. The highest BCUT2D eigenvalue weighted by Crippen LogP contribution is 2.48. The zero-order valence-corrected chi connectivity index (χ0v) is 10.1. The highest BCUT2D eigenvalue weighted by Gasteiger charge is 2.51. The van der Waals surface area contributed by atoms with E-state index in [-0.39, 0.29) is 11.8 Å². The van der Waals surface area contributed by atoms with Gasteiger partial charge in [-0.25, -0.2) is 0 Å². The first-order valence-electron chi connectivity index (χ1n) is 4.94. The van der Waals surface area contributed by atoms with Crippen LogP contribution in [0.25, 0.3) is 0 Å². The summed E-state index contributed by atoms with van der Waals surface area (Å²) in [5.41, 5.74) is 5.08. The Morgan fingerprint density at radius 2 is 2.12 bits per heavy atom. The van der Waals surface area contributed by atoms with E-state index in [1.807, 2.05) is 0 Å². The number of phenols is 1. The molecule has 1 aliphatic carbocycles. The average molecular weight is 286 g/mol. The molecule has 1 saturated carbocycles. The molecule has 5 heteroatoms. The molecule has 1 aromatic carbocycles. The number of aromatic hydroxyl groups is 1. The summed E-state index contributed by atoms with van der Waals surface area (Å²) in [4.78, 5) is 11.3. The maximum atomic E-state index is 11.3. The Morgan fingerprint density at radius 1 is 1.50 bits per heavy atom. The van der Waals surface area contributed by atoms with E-state index in [1.165, 1.54) is 0 Å². The molecular weight excluding hydrogens is 274 g/mol. The molecule has 4 N–H and O–H groups in total. The minimum Gasteiger partial charge on any atom is -0.506 e. The number of para-hydroxylation sites is 1. The maximum Gasteiger partial charge on any atom is 0.314 e. The number of phenolic OH excluding ortho intramolecular Hbond substituents is 1. The number of aliphatic carboxylic acids is 1. The Balaban J connectivity index is 2.49. The molecule has 0 aromatic heterocycles. The van der Waals surface area contributed by atoms with Crippen LogP contribution in [-0.2, 0) is 10.2 Å². The van der Waals surface area contributed by atoms with Crippen LogP contribution in [0.4, 0.5) is 0 Å². The number of carboxylic acids is 1. The molecule has 0 amide bonds. The SMILES string of the molecule is NC1CC(C(=O)O)(c2cccc(Br)c2O)C1. The van der Waals surface area contributed by atoms with Gasteiger partial charge < -0.3 is 15.9 Å². The van der Waals surface area contributed by atoms with Crippen LogP contribution in [0.3, 0.4) is 0 Å². The fourth-order valence-corrected chi connectivity index (χ4v) is 2.61. The molecule has 0 saturated heterocycles. The van der Waals surface area contributed by atoms with Crippen LogP contribution < -0.4 is 5.73 Å². The lowest BCUT2D eigenvalue weighted by atomic mass is 9.61. The molecule has 0 heterocycles. The van der Waals surface area contributed by atoms with E-state index >= 15 is 0 Å². The maximum absolute atomic E-state index is 11.3. The highest BCUT2D eigenvalue weighted by molar-refractivity contribution is 9.10. The van der Waals surface area contributed by atoms with Crippen molar-refractivity contribution in [3.63, 3.8) is 0 Å². The molecule has 86 valence electrons. The lowest BCUT2D eigenvalue weighted by Crippen LogP contribution is -2.54. The Labute approximate surface area is 101 Å². The third kappa shape index (κ3) is 1.51. The molecule has 0 atom stereocenters. The number of hydrogen-bond donors (Lipinski definition) is 3. The Kier molecular flexibility index (Phi) is 2.67. The van der Waals surface area contributed by atoms with Gasteiger partial charge in [-0.05, 0) is 34.8 Å². The van der Waals surface area contributed by atoms with Crippen LogP contribution in [-0.4, -0.2) is 22.2 Å². The third-order valence-corrected chi connectivity index (χ3v) is 3.77. The van der Waals surface area contributed by atoms with Crippen molar-refractivity contribution >= 4 is 21.9 Å². The van der Waals surface area contributed by atoms with Crippen LogP contribution in [0.15, 0.2) is 22.7 Å². The molecule has 0 bridgehead atoms. The van der Waals surface area contributed by atoms with Gasteiger partial charge >= 0.3 is 5.97 Å². The molecule has 0 unspecified atom stereocenters. The van der Waals surface area contributed by atoms with Crippen molar-refractivity contribution in [3.05, 3.63) is 28.2 Å². The first-order valence-corrected chi connectivity index (χ1v) is 5.73. The molecule has 4 nitrogen and oxygen atoms in total. The molecule has 16 heavy (non-hydrogen) atoms. The molecular formula is C11H12BrNO3. The number of carboxylic acid groups (broad SMARTS) is 1. The summed E-state index contributed by atoms with van der Waals surface area (Å²) >= 11 is 3.18. The standard InChI is InChI=1S/C11H12BrNO3/c12-8-3-1-2-7(9(8)14)11(10(15)16)4-6(13)5-11/h1-3,6,14H,4-5,13H2,(H,15,16). The van der Waals surface area contributed by atoms with E-state index < -0.39 is 11.4 Å². The van der Waals surface area contributed by atoms with Gasteiger partial charge in [0.15, 0.2) is 0 Å². The van der Waals surface area contributed by atoms with E-state index in [9.17, 15) is 15.0 Å². The fourth-order valence-electron chi connectivity index (χ4n) is 2.25. The minimum absolute atomic E-state index is 0.00296. The van der Waals surface area contributed by atoms with E-state index in [0.717, 1.165) is 0 Å². The monoisotopic (exact) mass is 285 g/mol. The van der Waals surface area contributed by atoms with Gasteiger partial charge in [-0.3, -0.25) is 4.79 Å². The lowest BCUT2D eigenvalue weighted by Gasteiger charge is -2.43. The topological polar surface area (TPSA) is 83.6 Å². The molecule has 0 aliphatic heterocycles. The second kappa shape index (κ2) is 3.75. The summed E-state index contributed by atoms with van der Waals surface area (Å²) in [5, 5.41) is 19.2. The summed E-state index contributed by atoms with van der Waals surface area (Å²) in [6.07, 6.45) is 0.735. The smallest absolute Gasteiger partial charge is 0.314 e. The van der Waals surface area contributed by atoms with E-state index in [1.54, 1.807) is 18.2 Å². The molecule has 0 spiro atoms. The fraction of sp³-hybridized carbons (Fsp3) is 0.364. The van der Waals surface area contributed by atoms with Crippen molar-refractivity contribution in [2.24, 2.45) is 5.73 Å². The predicted octanol–water partition coefficient (Wildman–Crippen LogP) is 1.60. The molecule has 0 radical (unpaired) electrons. The van der Waals surface area contributed by atoms with Crippen LogP contribution in [0.1, 0.15) is 18.4 Å². The average Bonchev–Trinajstić information content (AvgIpc) is 2.17. The summed E-state index contributed by atoms with van der Waals surface area (Å²) in [6, 6.07) is 4.93. The summed E-state index contributed by atoms with van der Waals surface area (Å²) in [6.45, 7) is 0. The van der Waals surface area contributed by atoms with Crippen LogP contribution in [0, 0.1) is 0 Å².